The summed E-state index contributed by atoms with van der Waals surface area (Å²) < 4.78 is 11.0. The van der Waals surface area contributed by atoms with Gasteiger partial charge in [-0.15, -0.1) is 10.2 Å². The molecule has 9 heteroatoms. The Kier molecular flexibility index (Phi) is 8.89. The molecule has 0 unspecified atom stereocenters. The summed E-state index contributed by atoms with van der Waals surface area (Å²) in [7, 11) is 5.03. The molecule has 0 aliphatic carbocycles. The molecule has 0 saturated carbocycles. The number of rotatable bonds is 11. The number of methoxy groups -OCH3 is 2. The van der Waals surface area contributed by atoms with Gasteiger partial charge in [-0.3, -0.25) is 4.79 Å². The van der Waals surface area contributed by atoms with Crippen molar-refractivity contribution in [3.63, 3.8) is 0 Å². The number of hydrogen-bond acceptors (Lipinski definition) is 8. The zero-order chi connectivity index (χ0) is 25.2. The van der Waals surface area contributed by atoms with Gasteiger partial charge in [-0.2, -0.15) is 10.2 Å². The van der Waals surface area contributed by atoms with Crippen molar-refractivity contribution in [3.8, 4) is 11.5 Å². The highest BCUT2D eigenvalue weighted by atomic mass is 16.5. The third kappa shape index (κ3) is 7.36. The Morgan fingerprint density at radius 2 is 1.31 bits per heavy atom. The van der Waals surface area contributed by atoms with Gasteiger partial charge in [0.25, 0.3) is 0 Å². The van der Waals surface area contributed by atoms with Crippen LogP contribution < -0.4 is 14.4 Å². The van der Waals surface area contributed by atoms with Crippen LogP contribution in [0.25, 0.3) is 0 Å². The van der Waals surface area contributed by atoms with E-state index in [-0.39, 0.29) is 6.42 Å². The van der Waals surface area contributed by atoms with E-state index in [0.717, 1.165) is 16.9 Å². The van der Waals surface area contributed by atoms with Gasteiger partial charge in [-0.1, -0.05) is 17.7 Å². The van der Waals surface area contributed by atoms with Gasteiger partial charge < -0.3 is 19.5 Å². The maximum absolute atomic E-state index is 10.7. The Morgan fingerprint density at radius 1 is 0.829 bits per heavy atom. The maximum atomic E-state index is 10.7. The van der Waals surface area contributed by atoms with Crippen LogP contribution in [0.15, 0.2) is 81.1 Å². The Bertz CT molecular complexity index is 1190. The quantitative estimate of drug-likeness (QED) is 0.296. The average Bonchev–Trinajstić information content (AvgIpc) is 2.87. The van der Waals surface area contributed by atoms with Crippen molar-refractivity contribution in [2.75, 3.05) is 32.7 Å². The van der Waals surface area contributed by atoms with Crippen LogP contribution in [0.3, 0.4) is 0 Å². The summed E-state index contributed by atoms with van der Waals surface area (Å²) >= 11 is 0. The number of azo groups is 2. The molecule has 0 aliphatic heterocycles. The number of aryl methyl sites for hydroxylation is 1. The molecule has 182 valence electrons. The highest BCUT2D eigenvalue weighted by Gasteiger charge is 2.11. The summed E-state index contributed by atoms with van der Waals surface area (Å²) in [5.41, 5.74) is 4.52. The van der Waals surface area contributed by atoms with Crippen LogP contribution >= 0.6 is 0 Å². The molecule has 0 spiro atoms. The van der Waals surface area contributed by atoms with Gasteiger partial charge in [0.15, 0.2) is 0 Å². The second kappa shape index (κ2) is 12.3. The lowest BCUT2D eigenvalue weighted by Crippen LogP contribution is -2.19. The monoisotopic (exact) mass is 475 g/mol. The Hall–Kier alpha value is -4.27. The SMILES string of the molecule is COc1cc(N=Nc2ccc(N(C)CCCC(=O)O)cc2)c(OC)cc1N=Nc1ccc(C)cc1. The first-order chi connectivity index (χ1) is 16.9. The van der Waals surface area contributed by atoms with E-state index in [2.05, 4.69) is 20.5 Å². The standard InChI is InChI=1S/C26H29N5O4/c1-18-7-9-19(10-8-18)27-29-22-16-25(35-4)23(17-24(22)34-3)30-28-20-11-13-21(14-12-20)31(2)15-5-6-26(32)33/h7-14,16-17H,5-6,15H2,1-4H3,(H,32,33). The number of carboxylic acid groups (broad SMARTS) is 1. The van der Waals surface area contributed by atoms with Gasteiger partial charge in [0, 0.05) is 37.8 Å². The minimum Gasteiger partial charge on any atom is -0.494 e. The molecule has 0 radical (unpaired) electrons. The smallest absolute Gasteiger partial charge is 0.303 e. The normalized spacial score (nSPS) is 11.2. The summed E-state index contributed by atoms with van der Waals surface area (Å²) in [5, 5.41) is 26.0. The van der Waals surface area contributed by atoms with Crippen LogP contribution in [0.4, 0.5) is 28.4 Å². The van der Waals surface area contributed by atoms with Crippen molar-refractivity contribution >= 4 is 34.4 Å². The fourth-order valence-corrected chi connectivity index (χ4v) is 3.23. The number of anilines is 1. The van der Waals surface area contributed by atoms with E-state index >= 15 is 0 Å². The molecule has 0 heterocycles. The predicted molar refractivity (Wildman–Crippen MR) is 136 cm³/mol. The van der Waals surface area contributed by atoms with Crippen molar-refractivity contribution in [2.24, 2.45) is 20.5 Å². The zero-order valence-corrected chi connectivity index (χ0v) is 20.3. The van der Waals surface area contributed by atoms with E-state index in [0.29, 0.717) is 41.5 Å². The van der Waals surface area contributed by atoms with Crippen molar-refractivity contribution < 1.29 is 19.4 Å². The zero-order valence-electron chi connectivity index (χ0n) is 20.3. The fraction of sp³-hybridized carbons (Fsp3) is 0.269. The lowest BCUT2D eigenvalue weighted by Gasteiger charge is -2.18. The summed E-state index contributed by atoms with van der Waals surface area (Å²) in [6, 6.07) is 18.7. The lowest BCUT2D eigenvalue weighted by molar-refractivity contribution is -0.137. The number of nitrogens with zero attached hydrogens (tertiary/aromatic N) is 5. The van der Waals surface area contributed by atoms with E-state index in [9.17, 15) is 4.79 Å². The Balaban J connectivity index is 1.75. The number of carboxylic acids is 1. The van der Waals surface area contributed by atoms with Crippen LogP contribution in [-0.2, 0) is 4.79 Å². The van der Waals surface area contributed by atoms with Crippen LogP contribution in [-0.4, -0.2) is 38.9 Å². The molecule has 9 nitrogen and oxygen atoms in total. The first kappa shape index (κ1) is 25.4. The van der Waals surface area contributed by atoms with Crippen LogP contribution in [0.5, 0.6) is 11.5 Å². The van der Waals surface area contributed by atoms with Crippen LogP contribution in [0, 0.1) is 6.92 Å². The van der Waals surface area contributed by atoms with Crippen LogP contribution in [0.2, 0.25) is 0 Å². The second-order valence-electron chi connectivity index (χ2n) is 7.87. The number of hydrogen-bond donors (Lipinski definition) is 1. The minimum absolute atomic E-state index is 0.147. The van der Waals surface area contributed by atoms with Gasteiger partial charge in [-0.05, 0) is 49.7 Å². The first-order valence-electron chi connectivity index (χ1n) is 11.1. The predicted octanol–water partition coefficient (Wildman–Crippen LogP) is 7.14. The molecule has 0 aromatic heterocycles. The topological polar surface area (TPSA) is 108 Å². The summed E-state index contributed by atoms with van der Waals surface area (Å²) in [6.07, 6.45) is 0.726. The van der Waals surface area contributed by atoms with Gasteiger partial charge in [0.2, 0.25) is 0 Å². The molecular formula is C26H29N5O4. The lowest BCUT2D eigenvalue weighted by atomic mass is 10.2. The average molecular weight is 476 g/mol. The molecular weight excluding hydrogens is 446 g/mol. The molecule has 0 saturated heterocycles. The van der Waals surface area contributed by atoms with E-state index in [1.54, 1.807) is 26.4 Å². The molecule has 0 amide bonds. The van der Waals surface area contributed by atoms with Crippen LogP contribution in [0.1, 0.15) is 18.4 Å². The number of aliphatic carboxylic acids is 1. The number of benzene rings is 3. The Morgan fingerprint density at radius 3 is 1.77 bits per heavy atom. The molecule has 1 N–H and O–H groups in total. The van der Waals surface area contributed by atoms with E-state index in [4.69, 9.17) is 14.6 Å². The second-order valence-corrected chi connectivity index (χ2v) is 7.87. The fourth-order valence-electron chi connectivity index (χ4n) is 3.23. The van der Waals surface area contributed by atoms with Gasteiger partial charge >= 0.3 is 5.97 Å². The highest BCUT2D eigenvalue weighted by molar-refractivity contribution is 5.67. The third-order valence-electron chi connectivity index (χ3n) is 5.24. The van der Waals surface area contributed by atoms with Gasteiger partial charge in [0.1, 0.15) is 22.9 Å². The van der Waals surface area contributed by atoms with Gasteiger partial charge in [-0.25, -0.2) is 0 Å². The molecule has 0 fully saturated rings. The maximum Gasteiger partial charge on any atom is 0.303 e. The van der Waals surface area contributed by atoms with Crippen molar-refractivity contribution in [3.05, 3.63) is 66.2 Å². The highest BCUT2D eigenvalue weighted by Crippen LogP contribution is 2.41. The molecule has 0 atom stereocenters. The number of carbonyl (C=O) groups is 1. The van der Waals surface area contributed by atoms with Crippen molar-refractivity contribution in [1.82, 2.24) is 0 Å². The van der Waals surface area contributed by atoms with E-state index in [1.807, 2.05) is 67.4 Å². The summed E-state index contributed by atoms with van der Waals surface area (Å²) in [6.45, 7) is 2.66. The molecule has 35 heavy (non-hydrogen) atoms. The van der Waals surface area contributed by atoms with Crippen molar-refractivity contribution in [1.29, 1.82) is 0 Å². The van der Waals surface area contributed by atoms with Crippen molar-refractivity contribution in [2.45, 2.75) is 19.8 Å². The molecule has 0 aliphatic rings. The van der Waals surface area contributed by atoms with E-state index < -0.39 is 5.97 Å². The largest absolute Gasteiger partial charge is 0.494 e. The summed E-state index contributed by atoms with van der Waals surface area (Å²) in [4.78, 5) is 12.7. The van der Waals surface area contributed by atoms with Gasteiger partial charge in [0.05, 0.1) is 25.6 Å². The molecule has 3 aromatic rings. The minimum atomic E-state index is -0.788. The molecule has 3 aromatic carbocycles. The number of ether oxygens (including phenoxy) is 2. The third-order valence-corrected chi connectivity index (χ3v) is 5.24. The molecule has 0 bridgehead atoms. The molecule has 3 rings (SSSR count). The first-order valence-corrected chi connectivity index (χ1v) is 11.1. The summed E-state index contributed by atoms with van der Waals surface area (Å²) in [5.74, 6) is 0.194. The Labute approximate surface area is 204 Å². The van der Waals surface area contributed by atoms with E-state index in [1.165, 1.54) is 0 Å².